The zero-order valence-electron chi connectivity index (χ0n) is 10.9. The van der Waals surface area contributed by atoms with Crippen LogP contribution in [-0.4, -0.2) is 20.1 Å². The fourth-order valence-electron chi connectivity index (χ4n) is 1.83. The molecule has 0 saturated heterocycles. The number of hydrogen-bond acceptors (Lipinski definition) is 5. The lowest BCUT2D eigenvalue weighted by molar-refractivity contribution is 0.454. The summed E-state index contributed by atoms with van der Waals surface area (Å²) in [5, 5.41) is 13.2. The summed E-state index contributed by atoms with van der Waals surface area (Å²) in [5.74, 6) is 0.516. The smallest absolute Gasteiger partial charge is 0.211 e. The Balaban J connectivity index is 1.90. The van der Waals surface area contributed by atoms with Gasteiger partial charge in [0.25, 0.3) is 0 Å². The van der Waals surface area contributed by atoms with Crippen LogP contribution in [0.5, 0.6) is 5.88 Å². The minimum absolute atomic E-state index is 0.0532. The second kappa shape index (κ2) is 5.76. The number of anilines is 2. The van der Waals surface area contributed by atoms with Gasteiger partial charge in [0, 0.05) is 16.8 Å². The minimum atomic E-state index is -0.0532. The summed E-state index contributed by atoms with van der Waals surface area (Å²) in [5.41, 5.74) is 1.94. The van der Waals surface area contributed by atoms with Gasteiger partial charge in [-0.2, -0.15) is 0 Å². The first-order valence-corrected chi connectivity index (χ1v) is 6.59. The molecule has 0 fully saturated rings. The topological polar surface area (TPSA) is 70.9 Å². The minimum Gasteiger partial charge on any atom is -0.493 e. The first-order chi connectivity index (χ1) is 10.2. The van der Waals surface area contributed by atoms with Crippen LogP contribution in [0, 0.1) is 0 Å². The standard InChI is InChI=1S/C15H11ClN4O/c16-10-3-1-4-11(7-10)18-14-9-17-8-13(19-14)12-5-2-6-15(21)20-12/h1-9H,(H,18,19)(H,20,21). The molecule has 5 nitrogen and oxygen atoms in total. The number of nitrogens with one attached hydrogen (secondary N) is 1. The lowest BCUT2D eigenvalue weighted by atomic mass is 10.3. The summed E-state index contributed by atoms with van der Waals surface area (Å²) in [6, 6.07) is 12.3. The van der Waals surface area contributed by atoms with E-state index < -0.39 is 0 Å². The van der Waals surface area contributed by atoms with Gasteiger partial charge < -0.3 is 10.4 Å². The molecule has 0 amide bonds. The van der Waals surface area contributed by atoms with Crippen molar-refractivity contribution in [3.63, 3.8) is 0 Å². The fraction of sp³-hybridized carbons (Fsp3) is 0. The molecule has 3 rings (SSSR count). The van der Waals surface area contributed by atoms with Crippen LogP contribution < -0.4 is 5.32 Å². The van der Waals surface area contributed by atoms with Crippen molar-refractivity contribution in [1.82, 2.24) is 15.0 Å². The van der Waals surface area contributed by atoms with E-state index in [0.717, 1.165) is 5.69 Å². The van der Waals surface area contributed by atoms with Crippen LogP contribution >= 0.6 is 11.6 Å². The molecule has 0 spiro atoms. The third-order valence-corrected chi connectivity index (χ3v) is 2.96. The highest BCUT2D eigenvalue weighted by atomic mass is 35.5. The molecular weight excluding hydrogens is 288 g/mol. The lowest BCUT2D eigenvalue weighted by Gasteiger charge is -2.07. The van der Waals surface area contributed by atoms with Crippen molar-refractivity contribution in [3.8, 4) is 17.3 Å². The number of benzene rings is 1. The van der Waals surface area contributed by atoms with E-state index in [2.05, 4.69) is 20.3 Å². The van der Waals surface area contributed by atoms with Gasteiger partial charge in [0.2, 0.25) is 5.88 Å². The second-order valence-corrected chi connectivity index (χ2v) is 4.74. The molecular formula is C15H11ClN4O. The third kappa shape index (κ3) is 3.27. The predicted octanol–water partition coefficient (Wildman–Crippen LogP) is 3.64. The maximum atomic E-state index is 9.42. The molecule has 0 atom stereocenters. The number of hydrogen-bond donors (Lipinski definition) is 2. The summed E-state index contributed by atoms with van der Waals surface area (Å²) < 4.78 is 0. The van der Waals surface area contributed by atoms with Gasteiger partial charge in [-0.3, -0.25) is 4.98 Å². The van der Waals surface area contributed by atoms with E-state index in [-0.39, 0.29) is 5.88 Å². The summed E-state index contributed by atoms with van der Waals surface area (Å²) in [6.45, 7) is 0. The van der Waals surface area contributed by atoms with Crippen molar-refractivity contribution in [1.29, 1.82) is 0 Å². The van der Waals surface area contributed by atoms with Crippen molar-refractivity contribution < 1.29 is 5.11 Å². The van der Waals surface area contributed by atoms with Crippen molar-refractivity contribution in [2.75, 3.05) is 5.32 Å². The molecule has 0 saturated carbocycles. The van der Waals surface area contributed by atoms with Gasteiger partial charge in [0.1, 0.15) is 11.5 Å². The van der Waals surface area contributed by atoms with Gasteiger partial charge in [-0.15, -0.1) is 0 Å². The highest BCUT2D eigenvalue weighted by Crippen LogP contribution is 2.21. The van der Waals surface area contributed by atoms with Gasteiger partial charge in [-0.05, 0) is 24.3 Å². The third-order valence-electron chi connectivity index (χ3n) is 2.73. The molecule has 1 aromatic carbocycles. The largest absolute Gasteiger partial charge is 0.493 e. The van der Waals surface area contributed by atoms with Crippen LogP contribution in [0.15, 0.2) is 54.9 Å². The maximum absolute atomic E-state index is 9.42. The van der Waals surface area contributed by atoms with Crippen LogP contribution in [0.3, 0.4) is 0 Å². The van der Waals surface area contributed by atoms with Crippen LogP contribution in [-0.2, 0) is 0 Å². The zero-order chi connectivity index (χ0) is 14.7. The Hall–Kier alpha value is -2.66. The molecule has 0 bridgehead atoms. The Morgan fingerprint density at radius 1 is 0.952 bits per heavy atom. The molecule has 3 aromatic rings. The highest BCUT2D eigenvalue weighted by Gasteiger charge is 2.05. The summed E-state index contributed by atoms with van der Waals surface area (Å²) in [7, 11) is 0. The molecule has 2 aromatic heterocycles. The Morgan fingerprint density at radius 3 is 2.62 bits per heavy atom. The average Bonchev–Trinajstić information content (AvgIpc) is 2.47. The Kier molecular flexibility index (Phi) is 3.66. The zero-order valence-corrected chi connectivity index (χ0v) is 11.6. The lowest BCUT2D eigenvalue weighted by Crippen LogP contribution is -1.97. The van der Waals surface area contributed by atoms with Crippen LogP contribution in [0.2, 0.25) is 5.02 Å². The number of aromatic nitrogens is 3. The van der Waals surface area contributed by atoms with Crippen LogP contribution in [0.4, 0.5) is 11.5 Å². The number of aromatic hydroxyl groups is 1. The normalized spacial score (nSPS) is 10.3. The van der Waals surface area contributed by atoms with E-state index in [9.17, 15) is 5.11 Å². The molecule has 2 N–H and O–H groups in total. The van der Waals surface area contributed by atoms with Crippen molar-refractivity contribution in [3.05, 3.63) is 59.9 Å². The van der Waals surface area contributed by atoms with Gasteiger partial charge in [0.05, 0.1) is 18.1 Å². The van der Waals surface area contributed by atoms with E-state index in [1.165, 1.54) is 6.07 Å². The summed E-state index contributed by atoms with van der Waals surface area (Å²) in [4.78, 5) is 12.6. The Morgan fingerprint density at radius 2 is 1.81 bits per heavy atom. The van der Waals surface area contributed by atoms with E-state index in [0.29, 0.717) is 22.2 Å². The average molecular weight is 299 g/mol. The Labute approximate surface area is 126 Å². The van der Waals surface area contributed by atoms with Crippen molar-refractivity contribution in [2.24, 2.45) is 0 Å². The number of pyridine rings is 1. The molecule has 104 valence electrons. The van der Waals surface area contributed by atoms with E-state index in [1.807, 2.05) is 12.1 Å². The SMILES string of the molecule is Oc1cccc(-c2cncc(Nc3cccc(Cl)c3)n2)n1. The van der Waals surface area contributed by atoms with Gasteiger partial charge in [-0.25, -0.2) is 9.97 Å². The molecule has 21 heavy (non-hydrogen) atoms. The second-order valence-electron chi connectivity index (χ2n) is 4.31. The van der Waals surface area contributed by atoms with Crippen molar-refractivity contribution in [2.45, 2.75) is 0 Å². The Bertz CT molecular complexity index is 779. The van der Waals surface area contributed by atoms with E-state index >= 15 is 0 Å². The van der Waals surface area contributed by atoms with E-state index in [1.54, 1.807) is 36.7 Å². The van der Waals surface area contributed by atoms with Crippen LogP contribution in [0.1, 0.15) is 0 Å². The first kappa shape index (κ1) is 13.3. The number of rotatable bonds is 3. The molecule has 2 heterocycles. The first-order valence-electron chi connectivity index (χ1n) is 6.22. The van der Waals surface area contributed by atoms with Gasteiger partial charge >= 0.3 is 0 Å². The molecule has 0 aliphatic carbocycles. The molecule has 0 aliphatic rings. The maximum Gasteiger partial charge on any atom is 0.211 e. The monoisotopic (exact) mass is 298 g/mol. The quantitative estimate of drug-likeness (QED) is 0.772. The summed E-state index contributed by atoms with van der Waals surface area (Å²) >= 11 is 5.94. The predicted molar refractivity (Wildman–Crippen MR) is 81.7 cm³/mol. The number of nitrogens with zero attached hydrogens (tertiary/aromatic N) is 3. The van der Waals surface area contributed by atoms with Gasteiger partial charge in [-0.1, -0.05) is 23.7 Å². The summed E-state index contributed by atoms with van der Waals surface area (Å²) in [6.07, 6.45) is 3.19. The molecule has 0 unspecified atom stereocenters. The van der Waals surface area contributed by atoms with E-state index in [4.69, 9.17) is 11.6 Å². The molecule has 0 aliphatic heterocycles. The fourth-order valence-corrected chi connectivity index (χ4v) is 2.02. The highest BCUT2D eigenvalue weighted by molar-refractivity contribution is 6.30. The molecule has 0 radical (unpaired) electrons. The van der Waals surface area contributed by atoms with Crippen LogP contribution in [0.25, 0.3) is 11.4 Å². The number of halogens is 1. The van der Waals surface area contributed by atoms with Gasteiger partial charge in [0.15, 0.2) is 0 Å². The van der Waals surface area contributed by atoms with Crippen molar-refractivity contribution >= 4 is 23.1 Å². The molecule has 6 heteroatoms.